The third-order valence-corrected chi connectivity index (χ3v) is 2.59. The molecule has 5 nitrogen and oxygen atoms in total. The summed E-state index contributed by atoms with van der Waals surface area (Å²) in [6, 6.07) is 15.7. The van der Waals surface area contributed by atoms with E-state index in [1.165, 1.54) is 7.11 Å². The lowest BCUT2D eigenvalue weighted by molar-refractivity contribution is -0.133. The highest BCUT2D eigenvalue weighted by molar-refractivity contribution is 6.43. The van der Waals surface area contributed by atoms with Crippen LogP contribution in [0.5, 0.6) is 5.75 Å². The maximum Gasteiger partial charge on any atom is 0.314 e. The number of para-hydroxylation sites is 3. The summed E-state index contributed by atoms with van der Waals surface area (Å²) >= 11 is 0. The Morgan fingerprint density at radius 1 is 0.850 bits per heavy atom. The van der Waals surface area contributed by atoms with Crippen LogP contribution < -0.4 is 15.4 Å². The van der Waals surface area contributed by atoms with Crippen LogP contribution in [0.4, 0.5) is 11.4 Å². The second-order valence-corrected chi connectivity index (χ2v) is 3.97. The highest BCUT2D eigenvalue weighted by atomic mass is 16.5. The maximum atomic E-state index is 11.8. The normalized spacial score (nSPS) is 9.65. The van der Waals surface area contributed by atoms with Crippen LogP contribution in [-0.2, 0) is 9.59 Å². The Labute approximate surface area is 116 Å². The van der Waals surface area contributed by atoms with Crippen molar-refractivity contribution in [3.63, 3.8) is 0 Å². The molecule has 0 heterocycles. The fraction of sp³-hybridized carbons (Fsp3) is 0.0667. The van der Waals surface area contributed by atoms with E-state index in [4.69, 9.17) is 4.74 Å². The van der Waals surface area contributed by atoms with Crippen molar-refractivity contribution in [1.82, 2.24) is 0 Å². The molecule has 0 unspecified atom stereocenters. The summed E-state index contributed by atoms with van der Waals surface area (Å²) in [5.41, 5.74) is 1.01. The Balaban J connectivity index is 2.03. The molecule has 0 saturated carbocycles. The van der Waals surface area contributed by atoms with Gasteiger partial charge in [-0.05, 0) is 24.3 Å². The van der Waals surface area contributed by atoms with Gasteiger partial charge in [0.05, 0.1) is 12.8 Å². The molecule has 2 amide bonds. The van der Waals surface area contributed by atoms with Crippen LogP contribution in [0.2, 0.25) is 0 Å². The molecule has 2 aromatic carbocycles. The lowest BCUT2D eigenvalue weighted by Gasteiger charge is -2.09. The number of carbonyl (C=O) groups excluding carboxylic acids is 2. The number of benzene rings is 2. The van der Waals surface area contributed by atoms with Crippen LogP contribution in [0.15, 0.2) is 54.6 Å². The van der Waals surface area contributed by atoms with Gasteiger partial charge in [-0.15, -0.1) is 0 Å². The van der Waals surface area contributed by atoms with Gasteiger partial charge >= 0.3 is 11.8 Å². The van der Waals surface area contributed by atoms with Crippen LogP contribution >= 0.6 is 0 Å². The number of rotatable bonds is 3. The Morgan fingerprint density at radius 3 is 2.15 bits per heavy atom. The molecule has 0 saturated heterocycles. The number of methoxy groups -OCH3 is 1. The molecule has 2 N–H and O–H groups in total. The van der Waals surface area contributed by atoms with E-state index in [1.54, 1.807) is 48.5 Å². The van der Waals surface area contributed by atoms with E-state index in [0.29, 0.717) is 17.1 Å². The average molecular weight is 270 g/mol. The summed E-state index contributed by atoms with van der Waals surface area (Å²) in [6.07, 6.45) is 0. The van der Waals surface area contributed by atoms with Gasteiger partial charge in [-0.3, -0.25) is 9.59 Å². The zero-order chi connectivity index (χ0) is 14.4. The molecule has 0 aliphatic heterocycles. The molecule has 0 aromatic heterocycles. The number of amides is 2. The minimum Gasteiger partial charge on any atom is -0.495 e. The maximum absolute atomic E-state index is 11.8. The van der Waals surface area contributed by atoms with E-state index < -0.39 is 11.8 Å². The zero-order valence-corrected chi connectivity index (χ0v) is 10.9. The largest absolute Gasteiger partial charge is 0.495 e. The first-order valence-corrected chi connectivity index (χ1v) is 6.01. The molecule has 20 heavy (non-hydrogen) atoms. The van der Waals surface area contributed by atoms with Crippen LogP contribution in [0, 0.1) is 0 Å². The summed E-state index contributed by atoms with van der Waals surface area (Å²) in [6.45, 7) is 0. The number of hydrogen-bond donors (Lipinski definition) is 2. The highest BCUT2D eigenvalue weighted by Gasteiger charge is 2.15. The monoisotopic (exact) mass is 270 g/mol. The molecular formula is C15H14N2O3. The fourth-order valence-corrected chi connectivity index (χ4v) is 1.64. The first-order chi connectivity index (χ1) is 9.70. The van der Waals surface area contributed by atoms with Crippen molar-refractivity contribution in [2.45, 2.75) is 0 Å². The van der Waals surface area contributed by atoms with Gasteiger partial charge in [-0.1, -0.05) is 30.3 Å². The standard InChI is InChI=1S/C15H14N2O3/c1-20-13-10-6-5-9-12(13)17-15(19)14(18)16-11-7-3-2-4-8-11/h2-10H,1H3,(H,16,18)(H,17,19). The van der Waals surface area contributed by atoms with Crippen molar-refractivity contribution in [3.8, 4) is 5.75 Å². The van der Waals surface area contributed by atoms with Gasteiger partial charge in [-0.25, -0.2) is 0 Å². The van der Waals surface area contributed by atoms with E-state index >= 15 is 0 Å². The van der Waals surface area contributed by atoms with E-state index in [1.807, 2.05) is 6.07 Å². The predicted molar refractivity (Wildman–Crippen MR) is 76.7 cm³/mol. The molecule has 0 bridgehead atoms. The lowest BCUT2D eigenvalue weighted by atomic mass is 10.3. The van der Waals surface area contributed by atoms with Crippen LogP contribution in [0.25, 0.3) is 0 Å². The Hall–Kier alpha value is -2.82. The molecule has 0 atom stereocenters. The molecule has 2 aromatic rings. The molecule has 0 fully saturated rings. The number of carbonyl (C=O) groups is 2. The Morgan fingerprint density at radius 2 is 1.45 bits per heavy atom. The van der Waals surface area contributed by atoms with Crippen molar-refractivity contribution < 1.29 is 14.3 Å². The summed E-state index contributed by atoms with van der Waals surface area (Å²) in [7, 11) is 1.50. The van der Waals surface area contributed by atoms with E-state index in [9.17, 15) is 9.59 Å². The molecular weight excluding hydrogens is 256 g/mol. The number of nitrogens with one attached hydrogen (secondary N) is 2. The van der Waals surface area contributed by atoms with Gasteiger partial charge in [0.1, 0.15) is 5.75 Å². The number of ether oxygens (including phenoxy) is 1. The fourth-order valence-electron chi connectivity index (χ4n) is 1.64. The third kappa shape index (κ3) is 3.35. The van der Waals surface area contributed by atoms with E-state index in [0.717, 1.165) is 0 Å². The topological polar surface area (TPSA) is 67.4 Å². The second kappa shape index (κ2) is 6.38. The molecule has 0 aliphatic rings. The smallest absolute Gasteiger partial charge is 0.314 e. The van der Waals surface area contributed by atoms with Gasteiger partial charge in [-0.2, -0.15) is 0 Å². The van der Waals surface area contributed by atoms with Gasteiger partial charge in [0.15, 0.2) is 0 Å². The summed E-state index contributed by atoms with van der Waals surface area (Å²) in [4.78, 5) is 23.6. The van der Waals surface area contributed by atoms with E-state index in [-0.39, 0.29) is 0 Å². The second-order valence-electron chi connectivity index (χ2n) is 3.97. The number of hydrogen-bond acceptors (Lipinski definition) is 3. The molecule has 2 rings (SSSR count). The van der Waals surface area contributed by atoms with Gasteiger partial charge in [0, 0.05) is 5.69 Å². The molecule has 0 aliphatic carbocycles. The Bertz CT molecular complexity index is 612. The summed E-state index contributed by atoms with van der Waals surface area (Å²) < 4.78 is 5.10. The van der Waals surface area contributed by atoms with Gasteiger partial charge in [0.2, 0.25) is 0 Å². The summed E-state index contributed by atoms with van der Waals surface area (Å²) in [5, 5.41) is 5.01. The lowest BCUT2D eigenvalue weighted by Crippen LogP contribution is -2.29. The number of anilines is 2. The molecule has 0 spiro atoms. The third-order valence-electron chi connectivity index (χ3n) is 2.59. The molecule has 102 valence electrons. The van der Waals surface area contributed by atoms with Crippen molar-refractivity contribution >= 4 is 23.2 Å². The average Bonchev–Trinajstić information content (AvgIpc) is 2.48. The molecule has 0 radical (unpaired) electrons. The zero-order valence-electron chi connectivity index (χ0n) is 10.9. The van der Waals surface area contributed by atoms with Crippen molar-refractivity contribution in [1.29, 1.82) is 0 Å². The van der Waals surface area contributed by atoms with Crippen molar-refractivity contribution in [2.24, 2.45) is 0 Å². The summed E-state index contributed by atoms with van der Waals surface area (Å²) in [5.74, 6) is -0.992. The van der Waals surface area contributed by atoms with Crippen molar-refractivity contribution in [2.75, 3.05) is 17.7 Å². The van der Waals surface area contributed by atoms with Crippen molar-refractivity contribution in [3.05, 3.63) is 54.6 Å². The molecule has 5 heteroatoms. The van der Waals surface area contributed by atoms with Crippen LogP contribution in [0.3, 0.4) is 0 Å². The van der Waals surface area contributed by atoms with Crippen LogP contribution in [-0.4, -0.2) is 18.9 Å². The van der Waals surface area contributed by atoms with Gasteiger partial charge in [0.25, 0.3) is 0 Å². The quantitative estimate of drug-likeness (QED) is 0.841. The first-order valence-electron chi connectivity index (χ1n) is 6.01. The Kier molecular flexibility index (Phi) is 4.34. The van der Waals surface area contributed by atoms with Crippen LogP contribution in [0.1, 0.15) is 0 Å². The minimum absolute atomic E-state index is 0.447. The SMILES string of the molecule is COc1ccccc1NC(=O)C(=O)Nc1ccccc1. The first kappa shape index (κ1) is 13.6. The minimum atomic E-state index is -0.752. The highest BCUT2D eigenvalue weighted by Crippen LogP contribution is 2.22. The predicted octanol–water partition coefficient (Wildman–Crippen LogP) is 2.27. The van der Waals surface area contributed by atoms with Gasteiger partial charge < -0.3 is 15.4 Å². The van der Waals surface area contributed by atoms with E-state index in [2.05, 4.69) is 10.6 Å².